The second-order valence-corrected chi connectivity index (χ2v) is 4.79. The van der Waals surface area contributed by atoms with Gasteiger partial charge in [-0.1, -0.05) is 47.7 Å². The van der Waals surface area contributed by atoms with Crippen LogP contribution >= 0.6 is 11.3 Å². The molecule has 0 N–H and O–H groups in total. The molecule has 2 nitrogen and oxygen atoms in total. The fourth-order valence-corrected chi connectivity index (χ4v) is 2.50. The summed E-state index contributed by atoms with van der Waals surface area (Å²) in [6.45, 7) is 0.472. The van der Waals surface area contributed by atoms with Crippen LogP contribution in [-0.4, -0.2) is 4.98 Å². The highest BCUT2D eigenvalue weighted by Gasteiger charge is 2.08. The molecule has 2 aromatic carbocycles. The molecular formula is C14H10FNOS. The summed E-state index contributed by atoms with van der Waals surface area (Å²) in [5.74, 6) is 0.678. The van der Waals surface area contributed by atoms with E-state index in [0.29, 0.717) is 17.9 Å². The lowest BCUT2D eigenvalue weighted by atomic mass is 10.2. The van der Waals surface area contributed by atoms with Crippen molar-refractivity contribution in [3.63, 3.8) is 0 Å². The number of thiazole rings is 1. The summed E-state index contributed by atoms with van der Waals surface area (Å²) >= 11 is 1.01. The zero-order chi connectivity index (χ0) is 12.4. The fraction of sp³-hybridized carbons (Fsp3) is 0.0714. The first-order valence-corrected chi connectivity index (χ1v) is 6.36. The Kier molecular flexibility index (Phi) is 2.94. The number of ether oxygens (including phenoxy) is 1. The summed E-state index contributed by atoms with van der Waals surface area (Å²) in [5, 5.41) is -0.430. The Bertz CT molecular complexity index is 666. The molecule has 0 aliphatic carbocycles. The Labute approximate surface area is 108 Å². The normalized spacial score (nSPS) is 10.7. The SMILES string of the molecule is Fc1nc2cccc(OCc3ccccc3)c2s1. The van der Waals surface area contributed by atoms with Gasteiger partial charge in [0.25, 0.3) is 5.26 Å². The monoisotopic (exact) mass is 259 g/mol. The molecule has 0 saturated carbocycles. The summed E-state index contributed by atoms with van der Waals surface area (Å²) in [6.07, 6.45) is 0. The average Bonchev–Trinajstić information content (AvgIpc) is 2.78. The Morgan fingerprint density at radius 1 is 1.06 bits per heavy atom. The van der Waals surface area contributed by atoms with Crippen molar-refractivity contribution in [1.82, 2.24) is 4.98 Å². The quantitative estimate of drug-likeness (QED) is 0.709. The van der Waals surface area contributed by atoms with E-state index in [4.69, 9.17) is 4.74 Å². The molecule has 0 saturated heterocycles. The summed E-state index contributed by atoms with van der Waals surface area (Å²) in [5.41, 5.74) is 1.72. The standard InChI is InChI=1S/C14H10FNOS/c15-14-16-11-7-4-8-12(13(11)18-14)17-9-10-5-2-1-3-6-10/h1-8H,9H2. The summed E-state index contributed by atoms with van der Waals surface area (Å²) in [4.78, 5) is 3.80. The molecule has 0 aliphatic rings. The second-order valence-electron chi connectivity index (χ2n) is 3.85. The molecule has 0 fully saturated rings. The lowest BCUT2D eigenvalue weighted by molar-refractivity contribution is 0.310. The van der Waals surface area contributed by atoms with Crippen molar-refractivity contribution >= 4 is 21.6 Å². The maximum Gasteiger partial charge on any atom is 0.270 e. The number of benzene rings is 2. The molecule has 90 valence electrons. The number of fused-ring (bicyclic) bond motifs is 1. The first-order valence-electron chi connectivity index (χ1n) is 5.55. The van der Waals surface area contributed by atoms with E-state index in [-0.39, 0.29) is 0 Å². The van der Waals surface area contributed by atoms with Crippen molar-refractivity contribution in [2.24, 2.45) is 0 Å². The second kappa shape index (κ2) is 4.74. The van der Waals surface area contributed by atoms with Crippen LogP contribution < -0.4 is 4.74 Å². The zero-order valence-corrected chi connectivity index (χ0v) is 10.3. The average molecular weight is 259 g/mol. The molecule has 0 unspecified atom stereocenters. The highest BCUT2D eigenvalue weighted by molar-refractivity contribution is 7.17. The number of aromatic nitrogens is 1. The number of rotatable bonds is 3. The van der Waals surface area contributed by atoms with Gasteiger partial charge in [0, 0.05) is 0 Å². The van der Waals surface area contributed by atoms with Gasteiger partial charge in [0.15, 0.2) is 0 Å². The Morgan fingerprint density at radius 2 is 1.89 bits per heavy atom. The van der Waals surface area contributed by atoms with Gasteiger partial charge in [0.1, 0.15) is 12.4 Å². The van der Waals surface area contributed by atoms with Gasteiger partial charge in [0.2, 0.25) is 0 Å². The van der Waals surface area contributed by atoms with Crippen LogP contribution in [0.15, 0.2) is 48.5 Å². The van der Waals surface area contributed by atoms with Gasteiger partial charge in [-0.2, -0.15) is 4.39 Å². The molecule has 0 spiro atoms. The van der Waals surface area contributed by atoms with Gasteiger partial charge in [0.05, 0.1) is 10.2 Å². The Balaban J connectivity index is 1.86. The Morgan fingerprint density at radius 3 is 2.72 bits per heavy atom. The summed E-state index contributed by atoms with van der Waals surface area (Å²) in [7, 11) is 0. The third-order valence-electron chi connectivity index (χ3n) is 2.59. The van der Waals surface area contributed by atoms with Crippen LogP contribution in [0.4, 0.5) is 4.39 Å². The van der Waals surface area contributed by atoms with Crippen molar-refractivity contribution in [2.75, 3.05) is 0 Å². The van der Waals surface area contributed by atoms with Crippen LogP contribution in [0.5, 0.6) is 5.75 Å². The number of nitrogens with zero attached hydrogens (tertiary/aromatic N) is 1. The van der Waals surface area contributed by atoms with Crippen LogP contribution in [-0.2, 0) is 6.61 Å². The van der Waals surface area contributed by atoms with Crippen molar-refractivity contribution in [3.8, 4) is 5.75 Å². The van der Waals surface area contributed by atoms with Gasteiger partial charge in [-0.15, -0.1) is 0 Å². The minimum absolute atomic E-state index is 0.430. The van der Waals surface area contributed by atoms with Crippen LogP contribution in [0.25, 0.3) is 10.2 Å². The predicted octanol–water partition coefficient (Wildman–Crippen LogP) is 4.01. The largest absolute Gasteiger partial charge is 0.487 e. The van der Waals surface area contributed by atoms with E-state index < -0.39 is 5.26 Å². The molecule has 1 aromatic heterocycles. The molecule has 4 heteroatoms. The molecule has 0 bridgehead atoms. The molecule has 0 radical (unpaired) electrons. The van der Waals surface area contributed by atoms with Gasteiger partial charge in [-0.3, -0.25) is 0 Å². The predicted molar refractivity (Wildman–Crippen MR) is 70.4 cm³/mol. The topological polar surface area (TPSA) is 22.1 Å². The number of hydrogen-bond donors (Lipinski definition) is 0. The van der Waals surface area contributed by atoms with E-state index in [0.717, 1.165) is 21.6 Å². The minimum Gasteiger partial charge on any atom is -0.487 e. The molecule has 0 aliphatic heterocycles. The summed E-state index contributed by atoms with van der Waals surface area (Å²) < 4.78 is 19.6. The molecule has 0 amide bonds. The van der Waals surface area contributed by atoms with Crippen molar-refractivity contribution in [1.29, 1.82) is 0 Å². The maximum atomic E-state index is 13.1. The highest BCUT2D eigenvalue weighted by atomic mass is 32.1. The van der Waals surface area contributed by atoms with Crippen LogP contribution in [0.3, 0.4) is 0 Å². The third kappa shape index (κ3) is 2.19. The van der Waals surface area contributed by atoms with E-state index in [1.165, 1.54) is 0 Å². The molecule has 3 rings (SSSR count). The molecule has 1 heterocycles. The van der Waals surface area contributed by atoms with E-state index in [9.17, 15) is 4.39 Å². The highest BCUT2D eigenvalue weighted by Crippen LogP contribution is 2.30. The molecule has 18 heavy (non-hydrogen) atoms. The summed E-state index contributed by atoms with van der Waals surface area (Å²) in [6, 6.07) is 15.3. The first kappa shape index (κ1) is 11.2. The van der Waals surface area contributed by atoms with Gasteiger partial charge < -0.3 is 4.74 Å². The maximum absolute atomic E-state index is 13.1. The Hall–Kier alpha value is -1.94. The van der Waals surface area contributed by atoms with E-state index in [1.54, 1.807) is 6.07 Å². The van der Waals surface area contributed by atoms with Crippen LogP contribution in [0.2, 0.25) is 0 Å². The lowest BCUT2D eigenvalue weighted by Gasteiger charge is -2.06. The van der Waals surface area contributed by atoms with E-state index in [1.807, 2.05) is 42.5 Å². The third-order valence-corrected chi connectivity index (χ3v) is 3.46. The van der Waals surface area contributed by atoms with Crippen molar-refractivity contribution in [3.05, 3.63) is 59.4 Å². The molecule has 0 atom stereocenters. The van der Waals surface area contributed by atoms with Crippen LogP contribution in [0.1, 0.15) is 5.56 Å². The van der Waals surface area contributed by atoms with Crippen molar-refractivity contribution in [2.45, 2.75) is 6.61 Å². The van der Waals surface area contributed by atoms with Gasteiger partial charge >= 0.3 is 0 Å². The smallest absolute Gasteiger partial charge is 0.270 e. The van der Waals surface area contributed by atoms with Gasteiger partial charge in [-0.05, 0) is 17.7 Å². The van der Waals surface area contributed by atoms with Crippen LogP contribution in [0, 0.1) is 5.26 Å². The lowest BCUT2D eigenvalue weighted by Crippen LogP contribution is -1.94. The molecule has 3 aromatic rings. The number of hydrogen-bond acceptors (Lipinski definition) is 3. The minimum atomic E-state index is -0.430. The van der Waals surface area contributed by atoms with E-state index in [2.05, 4.69) is 4.98 Å². The zero-order valence-electron chi connectivity index (χ0n) is 9.47. The fourth-order valence-electron chi connectivity index (χ4n) is 1.75. The number of halogens is 1. The molecular weight excluding hydrogens is 249 g/mol. The first-order chi connectivity index (χ1) is 8.83. The van der Waals surface area contributed by atoms with Gasteiger partial charge in [-0.25, -0.2) is 4.98 Å². The van der Waals surface area contributed by atoms with E-state index >= 15 is 0 Å². The van der Waals surface area contributed by atoms with Crippen molar-refractivity contribution < 1.29 is 9.13 Å².